The van der Waals surface area contributed by atoms with Crippen LogP contribution in [0.25, 0.3) is 0 Å². The first-order valence-electron chi connectivity index (χ1n) is 10.9. The minimum Gasteiger partial charge on any atom is -0.495 e. The molecule has 0 radical (unpaired) electrons. The Hall–Kier alpha value is -1.95. The SMILES string of the molecule is COc1ccccc1N1CCN(C(=O)[C@@H]2CCCN(Cc3c(Cl)cccc3Cl)C2)CC1. The maximum absolute atomic E-state index is 13.3. The lowest BCUT2D eigenvalue weighted by atomic mass is 9.95. The maximum atomic E-state index is 13.3. The molecule has 0 spiro atoms. The van der Waals surface area contributed by atoms with Crippen molar-refractivity contribution in [3.8, 4) is 5.75 Å². The summed E-state index contributed by atoms with van der Waals surface area (Å²) in [6, 6.07) is 13.7. The van der Waals surface area contributed by atoms with Gasteiger partial charge in [0, 0.05) is 54.9 Å². The normalized spacial score (nSPS) is 20.0. The van der Waals surface area contributed by atoms with Crippen molar-refractivity contribution in [1.82, 2.24) is 9.80 Å². The van der Waals surface area contributed by atoms with E-state index in [2.05, 4.69) is 15.9 Å². The Morgan fingerprint density at radius 3 is 2.42 bits per heavy atom. The summed E-state index contributed by atoms with van der Waals surface area (Å²) >= 11 is 12.7. The Morgan fingerprint density at radius 1 is 1.00 bits per heavy atom. The third kappa shape index (κ3) is 5.11. The first kappa shape index (κ1) is 22.3. The smallest absolute Gasteiger partial charge is 0.227 e. The van der Waals surface area contributed by atoms with E-state index < -0.39 is 0 Å². The van der Waals surface area contributed by atoms with Crippen molar-refractivity contribution in [2.45, 2.75) is 19.4 Å². The van der Waals surface area contributed by atoms with Crippen LogP contribution in [0.4, 0.5) is 5.69 Å². The third-order valence-corrected chi connectivity index (χ3v) is 7.02. The molecule has 1 atom stereocenters. The molecule has 2 aromatic rings. The van der Waals surface area contributed by atoms with Crippen LogP contribution >= 0.6 is 23.2 Å². The Labute approximate surface area is 194 Å². The zero-order valence-corrected chi connectivity index (χ0v) is 19.4. The maximum Gasteiger partial charge on any atom is 0.227 e. The molecule has 2 aliphatic heterocycles. The van der Waals surface area contributed by atoms with Crippen molar-refractivity contribution in [2.75, 3.05) is 51.3 Å². The van der Waals surface area contributed by atoms with E-state index in [1.54, 1.807) is 7.11 Å². The third-order valence-electron chi connectivity index (χ3n) is 6.32. The van der Waals surface area contributed by atoms with Crippen molar-refractivity contribution < 1.29 is 9.53 Å². The second-order valence-electron chi connectivity index (χ2n) is 8.26. The molecule has 31 heavy (non-hydrogen) atoms. The van der Waals surface area contributed by atoms with Crippen LogP contribution in [-0.4, -0.2) is 62.1 Å². The number of piperidine rings is 1. The molecule has 0 aromatic heterocycles. The number of ether oxygens (including phenoxy) is 1. The van der Waals surface area contributed by atoms with Gasteiger partial charge >= 0.3 is 0 Å². The fraction of sp³-hybridized carbons (Fsp3) is 0.458. The van der Waals surface area contributed by atoms with Gasteiger partial charge in [0.15, 0.2) is 0 Å². The number of halogens is 2. The summed E-state index contributed by atoms with van der Waals surface area (Å²) in [6.07, 6.45) is 1.96. The molecule has 0 N–H and O–H groups in total. The zero-order chi connectivity index (χ0) is 21.8. The van der Waals surface area contributed by atoms with Crippen LogP contribution in [-0.2, 0) is 11.3 Å². The summed E-state index contributed by atoms with van der Waals surface area (Å²) in [6.45, 7) is 5.52. The highest BCUT2D eigenvalue weighted by molar-refractivity contribution is 6.35. The van der Waals surface area contributed by atoms with Crippen LogP contribution in [0.15, 0.2) is 42.5 Å². The Bertz CT molecular complexity index is 895. The molecular formula is C24H29Cl2N3O2. The quantitative estimate of drug-likeness (QED) is 0.653. The summed E-state index contributed by atoms with van der Waals surface area (Å²) in [4.78, 5) is 19.9. The average Bonchev–Trinajstić information content (AvgIpc) is 2.81. The number of benzene rings is 2. The predicted molar refractivity (Wildman–Crippen MR) is 126 cm³/mol. The number of methoxy groups -OCH3 is 1. The summed E-state index contributed by atoms with van der Waals surface area (Å²) < 4.78 is 5.50. The molecule has 2 aromatic carbocycles. The molecule has 2 aliphatic rings. The fourth-order valence-corrected chi connectivity index (χ4v) is 5.14. The number of hydrogen-bond acceptors (Lipinski definition) is 4. The van der Waals surface area contributed by atoms with E-state index in [4.69, 9.17) is 27.9 Å². The van der Waals surface area contributed by atoms with Crippen molar-refractivity contribution >= 4 is 34.8 Å². The van der Waals surface area contributed by atoms with Crippen LogP contribution in [0, 0.1) is 5.92 Å². The molecule has 2 saturated heterocycles. The minimum absolute atomic E-state index is 0.0350. The lowest BCUT2D eigenvalue weighted by Crippen LogP contribution is -2.52. The van der Waals surface area contributed by atoms with Crippen molar-refractivity contribution in [3.63, 3.8) is 0 Å². The molecule has 7 heteroatoms. The van der Waals surface area contributed by atoms with E-state index in [1.165, 1.54) is 0 Å². The van der Waals surface area contributed by atoms with Gasteiger partial charge in [0.05, 0.1) is 18.7 Å². The van der Waals surface area contributed by atoms with Gasteiger partial charge < -0.3 is 14.5 Å². The van der Waals surface area contributed by atoms with E-state index in [1.807, 2.05) is 41.3 Å². The average molecular weight is 462 g/mol. The minimum atomic E-state index is 0.0350. The van der Waals surface area contributed by atoms with Gasteiger partial charge in [-0.25, -0.2) is 0 Å². The van der Waals surface area contributed by atoms with Crippen LogP contribution in [0.2, 0.25) is 10.0 Å². The number of carbonyl (C=O) groups excluding carboxylic acids is 1. The van der Waals surface area contributed by atoms with E-state index in [9.17, 15) is 4.79 Å². The molecule has 0 saturated carbocycles. The van der Waals surface area contributed by atoms with Gasteiger partial charge in [-0.15, -0.1) is 0 Å². The second-order valence-corrected chi connectivity index (χ2v) is 9.07. The molecule has 4 rings (SSSR count). The van der Waals surface area contributed by atoms with Gasteiger partial charge in [-0.2, -0.15) is 0 Å². The fourth-order valence-electron chi connectivity index (χ4n) is 4.62. The number of likely N-dealkylation sites (tertiary alicyclic amines) is 1. The molecule has 2 fully saturated rings. The highest BCUT2D eigenvalue weighted by Gasteiger charge is 2.31. The zero-order valence-electron chi connectivity index (χ0n) is 17.9. The highest BCUT2D eigenvalue weighted by atomic mass is 35.5. The number of hydrogen-bond donors (Lipinski definition) is 0. The number of rotatable bonds is 5. The van der Waals surface area contributed by atoms with Crippen LogP contribution in [0.1, 0.15) is 18.4 Å². The molecule has 0 aliphatic carbocycles. The lowest BCUT2D eigenvalue weighted by molar-refractivity contribution is -0.137. The first-order valence-corrected chi connectivity index (χ1v) is 11.6. The number of amides is 1. The number of nitrogens with zero attached hydrogens (tertiary/aromatic N) is 3. The van der Waals surface area contributed by atoms with Crippen LogP contribution in [0.3, 0.4) is 0 Å². The molecular weight excluding hydrogens is 433 g/mol. The number of para-hydroxylation sites is 2. The molecule has 1 amide bonds. The monoisotopic (exact) mass is 461 g/mol. The van der Waals surface area contributed by atoms with Gasteiger partial charge in [-0.05, 0) is 43.7 Å². The van der Waals surface area contributed by atoms with Crippen molar-refractivity contribution in [2.24, 2.45) is 5.92 Å². The van der Waals surface area contributed by atoms with E-state index in [0.717, 1.165) is 69.1 Å². The van der Waals surface area contributed by atoms with Crippen molar-refractivity contribution in [1.29, 1.82) is 0 Å². The van der Waals surface area contributed by atoms with Gasteiger partial charge in [-0.1, -0.05) is 41.4 Å². The van der Waals surface area contributed by atoms with Gasteiger partial charge in [0.2, 0.25) is 5.91 Å². The van der Waals surface area contributed by atoms with E-state index in [0.29, 0.717) is 16.6 Å². The van der Waals surface area contributed by atoms with E-state index in [-0.39, 0.29) is 11.8 Å². The molecule has 5 nitrogen and oxygen atoms in total. The molecule has 166 valence electrons. The van der Waals surface area contributed by atoms with Crippen LogP contribution in [0.5, 0.6) is 5.75 Å². The number of anilines is 1. The summed E-state index contributed by atoms with van der Waals surface area (Å²) in [5.41, 5.74) is 2.04. The van der Waals surface area contributed by atoms with Gasteiger partial charge in [0.1, 0.15) is 5.75 Å². The van der Waals surface area contributed by atoms with Gasteiger partial charge in [0.25, 0.3) is 0 Å². The van der Waals surface area contributed by atoms with E-state index >= 15 is 0 Å². The molecule has 2 heterocycles. The standard InChI is InChI=1S/C24H29Cl2N3O2/c1-31-23-10-3-2-9-22(23)28-12-14-29(15-13-28)24(30)18-6-5-11-27(16-18)17-19-20(25)7-4-8-21(19)26/h2-4,7-10,18H,5-6,11-17H2,1H3/t18-/m1/s1. The first-order chi connectivity index (χ1) is 15.1. The van der Waals surface area contributed by atoms with Crippen molar-refractivity contribution in [3.05, 3.63) is 58.1 Å². The topological polar surface area (TPSA) is 36.0 Å². The molecule has 0 bridgehead atoms. The van der Waals surface area contributed by atoms with Crippen LogP contribution < -0.4 is 9.64 Å². The lowest BCUT2D eigenvalue weighted by Gasteiger charge is -2.40. The summed E-state index contributed by atoms with van der Waals surface area (Å²) in [5.74, 6) is 1.19. The summed E-state index contributed by atoms with van der Waals surface area (Å²) in [7, 11) is 1.70. The summed E-state index contributed by atoms with van der Waals surface area (Å²) in [5, 5.41) is 1.38. The number of piperazine rings is 1. The predicted octanol–water partition coefficient (Wildman–Crippen LogP) is 4.56. The Morgan fingerprint density at radius 2 is 1.71 bits per heavy atom. The molecule has 0 unspecified atom stereocenters. The Kier molecular flexibility index (Phi) is 7.26. The highest BCUT2D eigenvalue weighted by Crippen LogP contribution is 2.30. The number of carbonyl (C=O) groups is 1. The Balaban J connectivity index is 1.34. The second kappa shape index (κ2) is 10.1. The largest absolute Gasteiger partial charge is 0.495 e. The van der Waals surface area contributed by atoms with Gasteiger partial charge in [-0.3, -0.25) is 9.69 Å².